The van der Waals surface area contributed by atoms with Crippen molar-refractivity contribution in [2.45, 2.75) is 6.42 Å². The maximum absolute atomic E-state index is 11.8. The van der Waals surface area contributed by atoms with Gasteiger partial charge in [0.2, 0.25) is 5.91 Å². The minimum Gasteiger partial charge on any atom is -0.497 e. The van der Waals surface area contributed by atoms with E-state index in [2.05, 4.69) is 15.6 Å². The van der Waals surface area contributed by atoms with Crippen molar-refractivity contribution in [1.82, 2.24) is 10.3 Å². The lowest BCUT2D eigenvalue weighted by atomic mass is 10.2. The van der Waals surface area contributed by atoms with Gasteiger partial charge in [0.15, 0.2) is 0 Å². The first-order valence-corrected chi connectivity index (χ1v) is 6.81. The van der Waals surface area contributed by atoms with Gasteiger partial charge in [-0.05, 0) is 36.7 Å². The Morgan fingerprint density at radius 2 is 2.19 bits per heavy atom. The van der Waals surface area contributed by atoms with E-state index in [1.807, 2.05) is 36.5 Å². The third-order valence-electron chi connectivity index (χ3n) is 2.95. The summed E-state index contributed by atoms with van der Waals surface area (Å²) >= 11 is 0. The maximum atomic E-state index is 11.8. The van der Waals surface area contributed by atoms with Crippen LogP contribution in [-0.2, 0) is 11.2 Å². The Hall–Kier alpha value is -2.40. The van der Waals surface area contributed by atoms with Crippen LogP contribution in [0.1, 0.15) is 5.56 Å². The number of ether oxygens (including phenoxy) is 1. The summed E-state index contributed by atoms with van der Waals surface area (Å²) in [4.78, 5) is 15.8. The Morgan fingerprint density at radius 1 is 1.29 bits per heavy atom. The molecule has 0 radical (unpaired) electrons. The first-order valence-electron chi connectivity index (χ1n) is 6.81. The topological polar surface area (TPSA) is 63.2 Å². The molecule has 2 N–H and O–H groups in total. The molecular formula is C16H19N3O2. The van der Waals surface area contributed by atoms with Gasteiger partial charge in [-0.15, -0.1) is 0 Å². The fraction of sp³-hybridized carbons (Fsp3) is 0.250. The van der Waals surface area contributed by atoms with Gasteiger partial charge in [-0.25, -0.2) is 0 Å². The van der Waals surface area contributed by atoms with Crippen LogP contribution in [0, 0.1) is 0 Å². The smallest absolute Gasteiger partial charge is 0.238 e. The van der Waals surface area contributed by atoms with Gasteiger partial charge in [-0.3, -0.25) is 9.78 Å². The summed E-state index contributed by atoms with van der Waals surface area (Å²) in [5, 5.41) is 5.93. The van der Waals surface area contributed by atoms with Crippen LogP contribution < -0.4 is 15.4 Å². The molecule has 0 atom stereocenters. The molecule has 0 fully saturated rings. The highest BCUT2D eigenvalue weighted by molar-refractivity contribution is 5.92. The third-order valence-corrected chi connectivity index (χ3v) is 2.95. The average molecular weight is 285 g/mol. The Kier molecular flexibility index (Phi) is 5.72. The molecule has 21 heavy (non-hydrogen) atoms. The second kappa shape index (κ2) is 8.01. The zero-order chi connectivity index (χ0) is 14.9. The number of nitrogens with zero attached hydrogens (tertiary/aromatic N) is 1. The maximum Gasteiger partial charge on any atom is 0.238 e. The molecule has 5 heteroatoms. The molecular weight excluding hydrogens is 266 g/mol. The lowest BCUT2D eigenvalue weighted by Gasteiger charge is -2.08. The number of methoxy groups -OCH3 is 1. The Balaban J connectivity index is 1.70. The lowest BCUT2D eigenvalue weighted by Crippen LogP contribution is -2.29. The van der Waals surface area contributed by atoms with E-state index in [4.69, 9.17) is 4.74 Å². The SMILES string of the molecule is COc1cccc(NC(=O)CNCCc2cccnc2)c1. The largest absolute Gasteiger partial charge is 0.497 e. The van der Waals surface area contributed by atoms with Crippen molar-refractivity contribution >= 4 is 11.6 Å². The zero-order valence-electron chi connectivity index (χ0n) is 12.0. The van der Waals surface area contributed by atoms with E-state index in [1.54, 1.807) is 19.4 Å². The number of carbonyl (C=O) groups is 1. The first kappa shape index (κ1) is 15.0. The molecule has 0 saturated heterocycles. The predicted octanol–water partition coefficient (Wildman–Crippen LogP) is 1.86. The van der Waals surface area contributed by atoms with E-state index in [9.17, 15) is 4.79 Å². The van der Waals surface area contributed by atoms with Crippen LogP contribution >= 0.6 is 0 Å². The predicted molar refractivity (Wildman–Crippen MR) is 82.4 cm³/mol. The second-order valence-corrected chi connectivity index (χ2v) is 4.57. The third kappa shape index (κ3) is 5.24. The van der Waals surface area contributed by atoms with Crippen molar-refractivity contribution < 1.29 is 9.53 Å². The number of anilines is 1. The molecule has 0 spiro atoms. The fourth-order valence-electron chi connectivity index (χ4n) is 1.89. The normalized spacial score (nSPS) is 10.1. The van der Waals surface area contributed by atoms with Gasteiger partial charge in [0.25, 0.3) is 0 Å². The molecule has 0 saturated carbocycles. The number of hydrogen-bond acceptors (Lipinski definition) is 4. The molecule has 1 heterocycles. The first-order chi connectivity index (χ1) is 10.3. The number of hydrogen-bond donors (Lipinski definition) is 2. The number of nitrogens with one attached hydrogen (secondary N) is 2. The van der Waals surface area contributed by atoms with Gasteiger partial charge < -0.3 is 15.4 Å². The van der Waals surface area contributed by atoms with Crippen molar-refractivity contribution in [3.63, 3.8) is 0 Å². The van der Waals surface area contributed by atoms with Gasteiger partial charge in [0, 0.05) is 24.1 Å². The zero-order valence-corrected chi connectivity index (χ0v) is 12.0. The fourth-order valence-corrected chi connectivity index (χ4v) is 1.89. The van der Waals surface area contributed by atoms with Crippen LogP contribution in [0.5, 0.6) is 5.75 Å². The summed E-state index contributed by atoms with van der Waals surface area (Å²) in [6.07, 6.45) is 4.43. The van der Waals surface area contributed by atoms with Crippen molar-refractivity contribution in [2.75, 3.05) is 25.5 Å². The Bertz CT molecular complexity index is 573. The molecule has 0 aliphatic carbocycles. The molecule has 1 aromatic carbocycles. The Labute approximate surface area is 124 Å². The minimum absolute atomic E-state index is 0.0746. The van der Waals surface area contributed by atoms with Crippen LogP contribution in [0.15, 0.2) is 48.8 Å². The molecule has 0 bridgehead atoms. The van der Waals surface area contributed by atoms with Crippen LogP contribution in [0.3, 0.4) is 0 Å². The summed E-state index contributed by atoms with van der Waals surface area (Å²) in [7, 11) is 1.60. The van der Waals surface area contributed by atoms with Crippen molar-refractivity contribution in [2.24, 2.45) is 0 Å². The number of amides is 1. The summed E-state index contributed by atoms with van der Waals surface area (Å²) in [6.45, 7) is 1.01. The molecule has 2 aromatic rings. The molecule has 1 amide bonds. The van der Waals surface area contributed by atoms with Gasteiger partial charge in [-0.1, -0.05) is 12.1 Å². The molecule has 1 aromatic heterocycles. The average Bonchev–Trinajstić information content (AvgIpc) is 2.53. The van der Waals surface area contributed by atoms with Gasteiger partial charge in [0.05, 0.1) is 13.7 Å². The quantitative estimate of drug-likeness (QED) is 0.762. The van der Waals surface area contributed by atoms with Crippen molar-refractivity contribution in [3.8, 4) is 5.75 Å². The van der Waals surface area contributed by atoms with E-state index in [0.29, 0.717) is 0 Å². The molecule has 0 aliphatic rings. The standard InChI is InChI=1S/C16H19N3O2/c1-21-15-6-2-5-14(10-15)19-16(20)12-18-9-7-13-4-3-8-17-11-13/h2-6,8,10-11,18H,7,9,12H2,1H3,(H,19,20). The molecule has 110 valence electrons. The van der Waals surface area contributed by atoms with Crippen molar-refractivity contribution in [1.29, 1.82) is 0 Å². The molecule has 5 nitrogen and oxygen atoms in total. The van der Waals surface area contributed by atoms with Crippen molar-refractivity contribution in [3.05, 3.63) is 54.4 Å². The number of carbonyl (C=O) groups excluding carboxylic acids is 1. The highest BCUT2D eigenvalue weighted by Gasteiger charge is 2.02. The lowest BCUT2D eigenvalue weighted by molar-refractivity contribution is -0.115. The minimum atomic E-state index is -0.0746. The highest BCUT2D eigenvalue weighted by atomic mass is 16.5. The number of aromatic nitrogens is 1. The van der Waals surface area contributed by atoms with Gasteiger partial charge in [-0.2, -0.15) is 0 Å². The second-order valence-electron chi connectivity index (χ2n) is 4.57. The van der Waals surface area contributed by atoms with Gasteiger partial charge >= 0.3 is 0 Å². The summed E-state index contributed by atoms with van der Waals surface area (Å²) in [5.74, 6) is 0.645. The van der Waals surface area contributed by atoms with E-state index in [0.717, 1.165) is 30.0 Å². The van der Waals surface area contributed by atoms with Gasteiger partial charge in [0.1, 0.15) is 5.75 Å². The number of benzene rings is 1. The summed E-state index contributed by atoms with van der Waals surface area (Å²) < 4.78 is 5.11. The van der Waals surface area contributed by atoms with Crippen LogP contribution in [0.2, 0.25) is 0 Å². The summed E-state index contributed by atoms with van der Waals surface area (Å²) in [6, 6.07) is 11.2. The van der Waals surface area contributed by atoms with E-state index in [-0.39, 0.29) is 12.5 Å². The van der Waals surface area contributed by atoms with E-state index in [1.165, 1.54) is 0 Å². The van der Waals surface area contributed by atoms with Crippen LogP contribution in [-0.4, -0.2) is 31.1 Å². The Morgan fingerprint density at radius 3 is 2.95 bits per heavy atom. The molecule has 0 aliphatic heterocycles. The summed E-state index contributed by atoms with van der Waals surface area (Å²) in [5.41, 5.74) is 1.88. The van der Waals surface area contributed by atoms with E-state index < -0.39 is 0 Å². The molecule has 0 unspecified atom stereocenters. The highest BCUT2D eigenvalue weighted by Crippen LogP contribution is 2.16. The molecule has 2 rings (SSSR count). The van der Waals surface area contributed by atoms with Crippen LogP contribution in [0.25, 0.3) is 0 Å². The monoisotopic (exact) mass is 285 g/mol. The van der Waals surface area contributed by atoms with E-state index >= 15 is 0 Å². The van der Waals surface area contributed by atoms with Crippen LogP contribution in [0.4, 0.5) is 5.69 Å². The number of pyridine rings is 1. The number of rotatable bonds is 7.